The molecule has 0 amide bonds. The van der Waals surface area contributed by atoms with Gasteiger partial charge in [-0.1, -0.05) is 24.3 Å². The van der Waals surface area contributed by atoms with E-state index in [2.05, 4.69) is 10.6 Å². The molecule has 1 aromatic heterocycles. The third kappa shape index (κ3) is 3.17. The second-order valence-corrected chi connectivity index (χ2v) is 7.25. The molecule has 4 rings (SSSR count). The molecule has 0 spiro atoms. The van der Waals surface area contributed by atoms with Crippen molar-refractivity contribution in [1.29, 1.82) is 0 Å². The number of halogens is 1. The average Bonchev–Trinajstić information content (AvgIpc) is 3.17. The van der Waals surface area contributed by atoms with Crippen molar-refractivity contribution in [2.45, 2.75) is 25.1 Å². The number of aromatic nitrogens is 1. The van der Waals surface area contributed by atoms with E-state index in [0.29, 0.717) is 0 Å². The fraction of sp³-hybridized carbons (Fsp3) is 0.200. The number of rotatable bonds is 4. The molecule has 25 heavy (non-hydrogen) atoms. The van der Waals surface area contributed by atoms with E-state index in [0.717, 1.165) is 47.3 Å². The molecule has 0 aliphatic carbocycles. The highest BCUT2D eigenvalue weighted by Gasteiger charge is 2.21. The monoisotopic (exact) mass is 355 g/mol. The largest absolute Gasteiger partial charge is 0.344 e. The lowest BCUT2D eigenvalue weighted by atomic mass is 9.99. The van der Waals surface area contributed by atoms with Crippen LogP contribution >= 0.6 is 0 Å². The van der Waals surface area contributed by atoms with Crippen LogP contribution in [0.2, 0.25) is 0 Å². The van der Waals surface area contributed by atoms with Crippen molar-refractivity contribution >= 4 is 11.1 Å². The Balaban J connectivity index is 1.80. The van der Waals surface area contributed by atoms with Gasteiger partial charge in [0.1, 0.15) is 5.82 Å². The number of hydrogen-bond acceptors (Lipinski definition) is 1. The molecule has 5 heteroatoms. The van der Waals surface area contributed by atoms with Gasteiger partial charge in [-0.2, -0.15) is 0 Å². The zero-order valence-electron chi connectivity index (χ0n) is 13.6. The first-order valence-electron chi connectivity index (χ1n) is 8.27. The maximum Gasteiger partial charge on any atom is 0.157 e. The summed E-state index contributed by atoms with van der Waals surface area (Å²) in [5, 5.41) is 0. The van der Waals surface area contributed by atoms with Gasteiger partial charge in [-0.15, -0.1) is 0 Å². The molecule has 0 saturated heterocycles. The van der Waals surface area contributed by atoms with Crippen molar-refractivity contribution in [2.75, 3.05) is 0 Å². The first-order chi connectivity index (χ1) is 12.1. The molecule has 2 heterocycles. The van der Waals surface area contributed by atoms with E-state index in [9.17, 15) is 8.60 Å². The smallest absolute Gasteiger partial charge is 0.157 e. The lowest BCUT2D eigenvalue weighted by Gasteiger charge is -2.11. The Kier molecular flexibility index (Phi) is 4.27. The minimum atomic E-state index is -1.84. The van der Waals surface area contributed by atoms with Gasteiger partial charge < -0.3 is 9.12 Å². The molecule has 3 aromatic rings. The van der Waals surface area contributed by atoms with Gasteiger partial charge in [-0.25, -0.2) is 8.60 Å². The van der Waals surface area contributed by atoms with E-state index < -0.39 is 11.1 Å². The molecule has 1 aliphatic heterocycles. The maximum absolute atomic E-state index is 13.3. The van der Waals surface area contributed by atoms with Gasteiger partial charge in [0.05, 0.1) is 11.4 Å². The molecule has 2 aromatic carbocycles. The van der Waals surface area contributed by atoms with Crippen molar-refractivity contribution in [3.05, 3.63) is 71.7 Å². The summed E-state index contributed by atoms with van der Waals surface area (Å²) >= 11 is -1.84. The molecule has 1 aliphatic rings. The molecular formula is C20H18FNO2S. The highest BCUT2D eigenvalue weighted by Crippen LogP contribution is 2.38. The topological polar surface area (TPSA) is 42.2 Å². The summed E-state index contributed by atoms with van der Waals surface area (Å²) in [7, 11) is 0. The highest BCUT2D eigenvalue weighted by atomic mass is 32.2. The zero-order chi connectivity index (χ0) is 17.4. The molecule has 0 bridgehead atoms. The summed E-state index contributed by atoms with van der Waals surface area (Å²) in [5.74, 6) is -0.1000. The zero-order valence-corrected chi connectivity index (χ0v) is 14.4. The lowest BCUT2D eigenvalue weighted by molar-refractivity contribution is 0.563. The molecular weight excluding hydrogens is 337 g/mol. The van der Waals surface area contributed by atoms with Crippen LogP contribution in [0.25, 0.3) is 22.4 Å². The summed E-state index contributed by atoms with van der Waals surface area (Å²) in [6, 6.07) is 16.6. The second kappa shape index (κ2) is 6.58. The van der Waals surface area contributed by atoms with Crippen LogP contribution in [-0.2, 0) is 29.8 Å². The summed E-state index contributed by atoms with van der Waals surface area (Å²) < 4.78 is 35.6. The van der Waals surface area contributed by atoms with Gasteiger partial charge in [0.25, 0.3) is 0 Å². The van der Waals surface area contributed by atoms with E-state index in [4.69, 9.17) is 4.55 Å². The van der Waals surface area contributed by atoms with Crippen LogP contribution in [0.4, 0.5) is 4.39 Å². The van der Waals surface area contributed by atoms with Crippen LogP contribution < -0.4 is 0 Å². The first kappa shape index (κ1) is 16.2. The van der Waals surface area contributed by atoms with Crippen molar-refractivity contribution in [2.24, 2.45) is 0 Å². The Morgan fingerprint density at radius 1 is 1.04 bits per heavy atom. The Bertz CT molecular complexity index is 930. The molecule has 0 fully saturated rings. The van der Waals surface area contributed by atoms with Crippen LogP contribution in [0.1, 0.15) is 17.7 Å². The normalized spacial score (nSPS) is 14.5. The molecule has 0 saturated carbocycles. The molecule has 1 N–H and O–H groups in total. The number of aryl methyl sites for hydroxylation is 1. The van der Waals surface area contributed by atoms with E-state index in [1.165, 1.54) is 17.8 Å². The van der Waals surface area contributed by atoms with Crippen LogP contribution in [0.3, 0.4) is 0 Å². The van der Waals surface area contributed by atoms with Crippen molar-refractivity contribution in [3.63, 3.8) is 0 Å². The maximum atomic E-state index is 13.3. The van der Waals surface area contributed by atoms with Gasteiger partial charge in [-0.3, -0.25) is 0 Å². The fourth-order valence-corrected chi connectivity index (χ4v) is 4.02. The highest BCUT2D eigenvalue weighted by molar-refractivity contribution is 7.78. The standard InChI is InChI=1S/C20H18FNO2S/c21-17-9-7-16(8-10-17)20-19(12-18-2-1-11-22(18)20)15-5-3-14(4-6-15)13-25(23)24/h3-10,12H,1-2,11,13H2,(H,23,24). The Morgan fingerprint density at radius 2 is 1.72 bits per heavy atom. The van der Waals surface area contributed by atoms with Gasteiger partial charge in [-0.05, 0) is 59.9 Å². The minimum Gasteiger partial charge on any atom is -0.344 e. The van der Waals surface area contributed by atoms with Gasteiger partial charge in [0.2, 0.25) is 0 Å². The number of benzene rings is 2. The van der Waals surface area contributed by atoms with Gasteiger partial charge >= 0.3 is 0 Å². The SMILES string of the molecule is O=S(O)Cc1ccc(-c2cc3n(c2-c2ccc(F)cc2)CCC3)cc1. The average molecular weight is 355 g/mol. The number of hydrogen-bond donors (Lipinski definition) is 1. The second-order valence-electron chi connectivity index (χ2n) is 6.32. The van der Waals surface area contributed by atoms with Gasteiger partial charge in [0, 0.05) is 17.8 Å². The molecule has 1 unspecified atom stereocenters. The summed E-state index contributed by atoms with van der Waals surface area (Å²) in [6.45, 7) is 0.976. The lowest BCUT2D eigenvalue weighted by Crippen LogP contribution is -1.97. The molecule has 3 nitrogen and oxygen atoms in total. The van der Waals surface area contributed by atoms with Crippen molar-refractivity contribution in [1.82, 2.24) is 4.57 Å². The number of nitrogens with zero attached hydrogens (tertiary/aromatic N) is 1. The predicted molar refractivity (Wildman–Crippen MR) is 98.1 cm³/mol. The number of fused-ring (bicyclic) bond motifs is 1. The van der Waals surface area contributed by atoms with Gasteiger partial charge in [0.15, 0.2) is 11.1 Å². The van der Waals surface area contributed by atoms with E-state index >= 15 is 0 Å². The first-order valence-corrected chi connectivity index (χ1v) is 9.54. The summed E-state index contributed by atoms with van der Waals surface area (Å²) in [5.41, 5.74) is 6.44. The Hall–Kier alpha value is -2.24. The predicted octanol–water partition coefficient (Wildman–Crippen LogP) is 4.63. The van der Waals surface area contributed by atoms with E-state index in [1.807, 2.05) is 36.4 Å². The minimum absolute atomic E-state index is 0.136. The fourth-order valence-electron chi connectivity index (χ4n) is 3.54. The van der Waals surface area contributed by atoms with Crippen molar-refractivity contribution < 1.29 is 13.2 Å². The Morgan fingerprint density at radius 3 is 2.40 bits per heavy atom. The van der Waals surface area contributed by atoms with Crippen LogP contribution in [0.15, 0.2) is 54.6 Å². The van der Waals surface area contributed by atoms with E-state index in [-0.39, 0.29) is 11.6 Å². The van der Waals surface area contributed by atoms with Crippen LogP contribution in [0.5, 0.6) is 0 Å². The van der Waals surface area contributed by atoms with Crippen LogP contribution in [-0.4, -0.2) is 13.3 Å². The molecule has 128 valence electrons. The molecule has 0 radical (unpaired) electrons. The third-order valence-electron chi connectivity index (χ3n) is 4.67. The molecule has 1 atom stereocenters. The van der Waals surface area contributed by atoms with Crippen LogP contribution in [0, 0.1) is 5.82 Å². The Labute approximate surface area is 148 Å². The van der Waals surface area contributed by atoms with Crippen molar-refractivity contribution in [3.8, 4) is 22.4 Å². The van der Waals surface area contributed by atoms with E-state index in [1.54, 1.807) is 0 Å². The third-order valence-corrected chi connectivity index (χ3v) is 5.25. The summed E-state index contributed by atoms with van der Waals surface area (Å²) in [4.78, 5) is 0. The quantitative estimate of drug-likeness (QED) is 0.694. The summed E-state index contributed by atoms with van der Waals surface area (Å²) in [6.07, 6.45) is 2.18.